The number of nitrogens with one attached hydrogen (secondary N) is 1. The molecule has 0 unspecified atom stereocenters. The summed E-state index contributed by atoms with van der Waals surface area (Å²) >= 11 is 0. The second-order valence-corrected chi connectivity index (χ2v) is 5.78. The van der Waals surface area contributed by atoms with Crippen LogP contribution < -0.4 is 5.32 Å². The van der Waals surface area contributed by atoms with Gasteiger partial charge in [0.2, 0.25) is 0 Å². The van der Waals surface area contributed by atoms with Crippen molar-refractivity contribution < 1.29 is 4.39 Å². The zero-order valence-corrected chi connectivity index (χ0v) is 12.3. The maximum atomic E-state index is 12.8. The first-order valence-electron chi connectivity index (χ1n) is 7.80. The van der Waals surface area contributed by atoms with E-state index in [2.05, 4.69) is 27.4 Å². The molecule has 1 aliphatic carbocycles. The lowest BCUT2D eigenvalue weighted by molar-refractivity contribution is 0.461. The summed E-state index contributed by atoms with van der Waals surface area (Å²) in [7, 11) is 0. The number of benzene rings is 1. The highest BCUT2D eigenvalue weighted by molar-refractivity contribution is 5.16. The number of halogens is 1. The van der Waals surface area contributed by atoms with E-state index in [1.807, 2.05) is 12.1 Å². The molecule has 1 fully saturated rings. The number of aromatic nitrogens is 2. The van der Waals surface area contributed by atoms with Gasteiger partial charge in [-0.15, -0.1) is 0 Å². The van der Waals surface area contributed by atoms with Gasteiger partial charge in [-0.25, -0.2) is 4.39 Å². The van der Waals surface area contributed by atoms with Crippen molar-refractivity contribution in [3.05, 3.63) is 53.6 Å². The van der Waals surface area contributed by atoms with Gasteiger partial charge in [0.15, 0.2) is 0 Å². The van der Waals surface area contributed by atoms with Crippen molar-refractivity contribution in [3.63, 3.8) is 0 Å². The first-order valence-corrected chi connectivity index (χ1v) is 7.80. The summed E-state index contributed by atoms with van der Waals surface area (Å²) in [5.74, 6) is -0.177. The molecule has 2 aromatic rings. The first kappa shape index (κ1) is 14.3. The number of rotatable bonds is 6. The molecule has 0 amide bonds. The van der Waals surface area contributed by atoms with Crippen molar-refractivity contribution in [1.82, 2.24) is 15.1 Å². The molecule has 4 heteroatoms. The molecule has 3 nitrogen and oxygen atoms in total. The molecule has 1 heterocycles. The standard InChI is InChI=1S/C17H22FN3/c18-15-7-5-14(6-8-15)9-11-19-13-16-10-12-21(20-16)17-3-1-2-4-17/h5-8,10,12,17,19H,1-4,9,11,13H2. The Hall–Kier alpha value is -1.68. The minimum Gasteiger partial charge on any atom is -0.311 e. The van der Waals surface area contributed by atoms with Gasteiger partial charge in [-0.1, -0.05) is 25.0 Å². The van der Waals surface area contributed by atoms with Crippen molar-refractivity contribution in [3.8, 4) is 0 Å². The maximum Gasteiger partial charge on any atom is 0.123 e. The van der Waals surface area contributed by atoms with E-state index in [-0.39, 0.29) is 5.82 Å². The molecule has 1 aromatic heterocycles. The summed E-state index contributed by atoms with van der Waals surface area (Å²) in [6.07, 6.45) is 8.19. The molecule has 1 aromatic carbocycles. The van der Waals surface area contributed by atoms with Gasteiger partial charge in [-0.05, 0) is 49.6 Å². The van der Waals surface area contributed by atoms with Crippen LogP contribution in [-0.2, 0) is 13.0 Å². The van der Waals surface area contributed by atoms with Crippen molar-refractivity contribution in [2.75, 3.05) is 6.54 Å². The van der Waals surface area contributed by atoms with Crippen LogP contribution in [0.2, 0.25) is 0 Å². The van der Waals surface area contributed by atoms with E-state index in [1.165, 1.54) is 37.8 Å². The molecule has 1 saturated carbocycles. The van der Waals surface area contributed by atoms with Crippen LogP contribution in [0.5, 0.6) is 0 Å². The molecule has 0 atom stereocenters. The summed E-state index contributed by atoms with van der Waals surface area (Å²) in [5, 5.41) is 8.05. The van der Waals surface area contributed by atoms with Crippen molar-refractivity contribution in [2.45, 2.75) is 44.7 Å². The molecule has 0 spiro atoms. The molecule has 0 aliphatic heterocycles. The molecule has 21 heavy (non-hydrogen) atoms. The fourth-order valence-corrected chi connectivity index (χ4v) is 2.94. The highest BCUT2D eigenvalue weighted by Crippen LogP contribution is 2.28. The van der Waals surface area contributed by atoms with Gasteiger partial charge in [-0.2, -0.15) is 5.10 Å². The Morgan fingerprint density at radius 3 is 2.67 bits per heavy atom. The van der Waals surface area contributed by atoms with Crippen LogP contribution >= 0.6 is 0 Å². The van der Waals surface area contributed by atoms with Crippen molar-refractivity contribution >= 4 is 0 Å². The molecular formula is C17H22FN3. The number of hydrogen-bond acceptors (Lipinski definition) is 2. The summed E-state index contributed by atoms with van der Waals surface area (Å²) in [5.41, 5.74) is 2.25. The average Bonchev–Trinajstić information content (AvgIpc) is 3.16. The maximum absolute atomic E-state index is 12.8. The lowest BCUT2D eigenvalue weighted by Gasteiger charge is -2.09. The average molecular weight is 287 g/mol. The molecular weight excluding hydrogens is 265 g/mol. The third kappa shape index (κ3) is 3.91. The molecule has 0 saturated heterocycles. The Bertz CT molecular complexity index is 556. The SMILES string of the molecule is Fc1ccc(CCNCc2ccn(C3CCCC3)n2)cc1. The van der Waals surface area contributed by atoms with Crippen molar-refractivity contribution in [2.24, 2.45) is 0 Å². The van der Waals surface area contributed by atoms with E-state index < -0.39 is 0 Å². The summed E-state index contributed by atoms with van der Waals surface area (Å²) in [6.45, 7) is 1.67. The fraction of sp³-hybridized carbons (Fsp3) is 0.471. The lowest BCUT2D eigenvalue weighted by Crippen LogP contribution is -2.17. The summed E-state index contributed by atoms with van der Waals surface area (Å²) in [4.78, 5) is 0. The van der Waals surface area contributed by atoms with Crippen molar-refractivity contribution in [1.29, 1.82) is 0 Å². The van der Waals surface area contributed by atoms with E-state index in [0.717, 1.165) is 30.8 Å². The van der Waals surface area contributed by atoms with Gasteiger partial charge < -0.3 is 5.32 Å². The third-order valence-electron chi connectivity index (χ3n) is 4.17. The van der Waals surface area contributed by atoms with E-state index in [0.29, 0.717) is 6.04 Å². The van der Waals surface area contributed by atoms with E-state index >= 15 is 0 Å². The highest BCUT2D eigenvalue weighted by atomic mass is 19.1. The molecule has 0 bridgehead atoms. The van der Waals surface area contributed by atoms with Gasteiger partial charge in [0, 0.05) is 12.7 Å². The smallest absolute Gasteiger partial charge is 0.123 e. The van der Waals surface area contributed by atoms with Crippen LogP contribution in [0.1, 0.15) is 43.0 Å². The predicted molar refractivity (Wildman–Crippen MR) is 81.5 cm³/mol. The van der Waals surface area contributed by atoms with Gasteiger partial charge in [0.05, 0.1) is 11.7 Å². The zero-order chi connectivity index (χ0) is 14.5. The van der Waals surface area contributed by atoms with Gasteiger partial charge >= 0.3 is 0 Å². The summed E-state index contributed by atoms with van der Waals surface area (Å²) in [6, 6.07) is 9.41. The predicted octanol–water partition coefficient (Wildman–Crippen LogP) is 3.47. The number of hydrogen-bond donors (Lipinski definition) is 1. The lowest BCUT2D eigenvalue weighted by atomic mass is 10.1. The third-order valence-corrected chi connectivity index (χ3v) is 4.17. The van der Waals surface area contributed by atoms with Crippen LogP contribution in [0, 0.1) is 5.82 Å². The summed E-state index contributed by atoms with van der Waals surface area (Å²) < 4.78 is 14.9. The first-order chi connectivity index (χ1) is 10.3. The van der Waals surface area contributed by atoms with Crippen LogP contribution in [0.3, 0.4) is 0 Å². The Morgan fingerprint density at radius 2 is 1.90 bits per heavy atom. The zero-order valence-electron chi connectivity index (χ0n) is 12.3. The molecule has 3 rings (SSSR count). The molecule has 1 N–H and O–H groups in total. The van der Waals surface area contributed by atoms with Crippen LogP contribution in [0.4, 0.5) is 4.39 Å². The van der Waals surface area contributed by atoms with Gasteiger partial charge in [0.1, 0.15) is 5.82 Å². The minimum atomic E-state index is -0.177. The largest absolute Gasteiger partial charge is 0.311 e. The fourth-order valence-electron chi connectivity index (χ4n) is 2.94. The Labute approximate surface area is 125 Å². The Morgan fingerprint density at radius 1 is 1.14 bits per heavy atom. The van der Waals surface area contributed by atoms with Gasteiger partial charge in [0.25, 0.3) is 0 Å². The van der Waals surface area contributed by atoms with E-state index in [9.17, 15) is 4.39 Å². The second-order valence-electron chi connectivity index (χ2n) is 5.78. The highest BCUT2D eigenvalue weighted by Gasteiger charge is 2.17. The van der Waals surface area contributed by atoms with E-state index in [4.69, 9.17) is 0 Å². The van der Waals surface area contributed by atoms with E-state index in [1.54, 1.807) is 0 Å². The Kier molecular flexibility index (Phi) is 4.65. The molecule has 112 valence electrons. The van der Waals surface area contributed by atoms with Crippen LogP contribution in [-0.4, -0.2) is 16.3 Å². The quantitative estimate of drug-likeness (QED) is 0.824. The normalized spacial score (nSPS) is 15.7. The Balaban J connectivity index is 1.42. The minimum absolute atomic E-state index is 0.177. The second kappa shape index (κ2) is 6.85. The van der Waals surface area contributed by atoms with Crippen LogP contribution in [0.25, 0.3) is 0 Å². The molecule has 0 radical (unpaired) electrons. The number of nitrogens with zero attached hydrogens (tertiary/aromatic N) is 2. The van der Waals surface area contributed by atoms with Crippen LogP contribution in [0.15, 0.2) is 36.5 Å². The molecule has 1 aliphatic rings. The monoisotopic (exact) mass is 287 g/mol. The van der Waals surface area contributed by atoms with Gasteiger partial charge in [-0.3, -0.25) is 4.68 Å². The topological polar surface area (TPSA) is 29.9 Å².